The van der Waals surface area contributed by atoms with E-state index >= 15 is 0 Å². The van der Waals surface area contributed by atoms with Crippen molar-refractivity contribution in [2.24, 2.45) is 0 Å². The van der Waals surface area contributed by atoms with E-state index in [2.05, 4.69) is 4.98 Å². The van der Waals surface area contributed by atoms with Gasteiger partial charge in [-0.1, -0.05) is 41.4 Å². The average Bonchev–Trinajstić information content (AvgIpc) is 2.69. The number of amides is 1. The molecule has 1 aromatic heterocycles. The molecular weight excluding hydrogens is 358 g/mol. The summed E-state index contributed by atoms with van der Waals surface area (Å²) in [7, 11) is 0. The van der Waals surface area contributed by atoms with Crippen LogP contribution in [0.2, 0.25) is 5.02 Å². The van der Waals surface area contributed by atoms with E-state index in [-0.39, 0.29) is 5.91 Å². The molecule has 4 nitrogen and oxygen atoms in total. The highest BCUT2D eigenvalue weighted by Gasteiger charge is 2.22. The number of hydrogen-bond acceptors (Lipinski definition) is 3. The Balaban J connectivity index is 1.47. The second-order valence-electron chi connectivity index (χ2n) is 6.90. The lowest BCUT2D eigenvalue weighted by molar-refractivity contribution is -0.131. The van der Waals surface area contributed by atoms with Crippen molar-refractivity contribution in [3.8, 4) is 11.4 Å². The van der Waals surface area contributed by atoms with Crippen molar-refractivity contribution >= 4 is 17.5 Å². The monoisotopic (exact) mass is 377 g/mol. The highest BCUT2D eigenvalue weighted by Crippen LogP contribution is 2.22. The minimum absolute atomic E-state index is 0.145. The van der Waals surface area contributed by atoms with Gasteiger partial charge in [-0.2, -0.15) is 0 Å². The molecule has 5 heteroatoms. The maximum atomic E-state index is 12.7. The van der Waals surface area contributed by atoms with E-state index in [1.54, 1.807) is 0 Å². The van der Waals surface area contributed by atoms with Gasteiger partial charge in [0.2, 0.25) is 5.91 Å². The summed E-state index contributed by atoms with van der Waals surface area (Å²) in [6, 6.07) is 15.6. The van der Waals surface area contributed by atoms with Gasteiger partial charge in [-0.15, -0.1) is 0 Å². The van der Waals surface area contributed by atoms with Crippen molar-refractivity contribution in [1.29, 1.82) is 0 Å². The lowest BCUT2D eigenvalue weighted by Crippen LogP contribution is -2.37. The molecule has 0 bridgehead atoms. The van der Waals surface area contributed by atoms with E-state index in [1.165, 1.54) is 5.56 Å². The zero-order chi connectivity index (χ0) is 18.8. The van der Waals surface area contributed by atoms with Gasteiger partial charge in [-0.3, -0.25) is 4.79 Å². The topological polar surface area (TPSA) is 46.1 Å². The summed E-state index contributed by atoms with van der Waals surface area (Å²) in [5.74, 6) is 0.844. The molecule has 0 aliphatic carbocycles. The Labute approximate surface area is 163 Å². The van der Waals surface area contributed by atoms with Gasteiger partial charge in [-0.25, -0.2) is 9.97 Å². The fourth-order valence-corrected chi connectivity index (χ4v) is 3.39. The normalized spacial score (nSPS) is 13.3. The van der Waals surface area contributed by atoms with Gasteiger partial charge in [-0.05, 0) is 36.8 Å². The first kappa shape index (κ1) is 17.7. The Morgan fingerprint density at radius 2 is 1.85 bits per heavy atom. The summed E-state index contributed by atoms with van der Waals surface area (Å²) >= 11 is 5.95. The summed E-state index contributed by atoms with van der Waals surface area (Å²) in [5.41, 5.74) is 5.24. The number of halogens is 1. The molecule has 0 N–H and O–H groups in total. The number of rotatable bonds is 3. The van der Waals surface area contributed by atoms with Crippen LogP contribution in [0.3, 0.4) is 0 Å². The van der Waals surface area contributed by atoms with Crippen molar-refractivity contribution in [1.82, 2.24) is 14.9 Å². The quantitative estimate of drug-likeness (QED) is 0.686. The number of aryl methyl sites for hydroxylation is 1. The zero-order valence-corrected chi connectivity index (χ0v) is 15.9. The Bertz CT molecular complexity index is 968. The molecule has 0 saturated carbocycles. The first-order valence-corrected chi connectivity index (χ1v) is 9.40. The smallest absolute Gasteiger partial charge is 0.227 e. The van der Waals surface area contributed by atoms with Crippen LogP contribution in [0.15, 0.2) is 54.7 Å². The maximum Gasteiger partial charge on any atom is 0.227 e. The second-order valence-corrected chi connectivity index (χ2v) is 7.34. The van der Waals surface area contributed by atoms with Crippen LogP contribution in [-0.4, -0.2) is 27.3 Å². The van der Waals surface area contributed by atoms with Crippen LogP contribution in [0.25, 0.3) is 11.4 Å². The van der Waals surface area contributed by atoms with E-state index < -0.39 is 0 Å². The van der Waals surface area contributed by atoms with E-state index in [4.69, 9.17) is 16.6 Å². The van der Waals surface area contributed by atoms with Crippen molar-refractivity contribution in [3.05, 3.63) is 82.1 Å². The van der Waals surface area contributed by atoms with Crippen molar-refractivity contribution < 1.29 is 4.79 Å². The number of hydrogen-bond donors (Lipinski definition) is 0. The van der Waals surface area contributed by atoms with Gasteiger partial charge in [0, 0.05) is 41.9 Å². The summed E-state index contributed by atoms with van der Waals surface area (Å²) < 4.78 is 0. The number of benzene rings is 2. The third kappa shape index (κ3) is 4.01. The molecule has 0 atom stereocenters. The Morgan fingerprint density at radius 1 is 1.11 bits per heavy atom. The predicted octanol–water partition coefficient (Wildman–Crippen LogP) is 4.23. The zero-order valence-electron chi connectivity index (χ0n) is 15.2. The first-order chi connectivity index (χ1) is 13.1. The highest BCUT2D eigenvalue weighted by atomic mass is 35.5. The van der Waals surface area contributed by atoms with Crippen molar-refractivity contribution in [2.45, 2.75) is 26.3 Å². The van der Waals surface area contributed by atoms with Gasteiger partial charge in [0.05, 0.1) is 12.1 Å². The molecule has 0 unspecified atom stereocenters. The molecule has 4 rings (SSSR count). The van der Waals surface area contributed by atoms with E-state index in [1.807, 2.05) is 66.6 Å². The van der Waals surface area contributed by atoms with Crippen LogP contribution in [0.4, 0.5) is 0 Å². The molecule has 27 heavy (non-hydrogen) atoms. The Kier molecular flexibility index (Phi) is 4.90. The molecule has 1 aliphatic rings. The lowest BCUT2D eigenvalue weighted by atomic mass is 10.0. The largest absolute Gasteiger partial charge is 0.338 e. The van der Waals surface area contributed by atoms with E-state index in [0.29, 0.717) is 30.4 Å². The van der Waals surface area contributed by atoms with Crippen LogP contribution in [0.1, 0.15) is 22.4 Å². The first-order valence-electron chi connectivity index (χ1n) is 9.02. The highest BCUT2D eigenvalue weighted by molar-refractivity contribution is 6.30. The maximum absolute atomic E-state index is 12.7. The number of fused-ring (bicyclic) bond motifs is 1. The van der Waals surface area contributed by atoms with Crippen molar-refractivity contribution in [2.75, 3.05) is 6.54 Å². The molecule has 0 radical (unpaired) electrons. The molecule has 2 aromatic carbocycles. The number of carbonyl (C=O) groups excluding carboxylic acids is 1. The van der Waals surface area contributed by atoms with Gasteiger partial charge < -0.3 is 4.90 Å². The Morgan fingerprint density at radius 3 is 2.59 bits per heavy atom. The molecule has 3 aromatic rings. The van der Waals surface area contributed by atoms with E-state index in [0.717, 1.165) is 28.8 Å². The van der Waals surface area contributed by atoms with Gasteiger partial charge in [0.15, 0.2) is 5.82 Å². The summed E-state index contributed by atoms with van der Waals surface area (Å²) in [4.78, 5) is 23.7. The number of carbonyl (C=O) groups is 1. The van der Waals surface area contributed by atoms with Crippen LogP contribution < -0.4 is 0 Å². The standard InChI is InChI=1S/C22H20ClN3O/c1-15-2-4-16(5-3-15)12-21(27)26-11-10-20-18(14-26)13-24-22(25-20)17-6-8-19(23)9-7-17/h2-9,13H,10-12,14H2,1H3. The summed E-state index contributed by atoms with van der Waals surface area (Å²) in [5, 5.41) is 0.694. The predicted molar refractivity (Wildman–Crippen MR) is 106 cm³/mol. The fraction of sp³-hybridized carbons (Fsp3) is 0.227. The minimum atomic E-state index is 0.145. The van der Waals surface area contributed by atoms with Gasteiger partial charge in [0.25, 0.3) is 0 Å². The Hall–Kier alpha value is -2.72. The fourth-order valence-electron chi connectivity index (χ4n) is 3.26. The van der Waals surface area contributed by atoms with Crippen LogP contribution in [-0.2, 0) is 24.2 Å². The third-order valence-corrected chi connectivity index (χ3v) is 5.12. The summed E-state index contributed by atoms with van der Waals surface area (Å²) in [6.45, 7) is 3.31. The molecular formula is C22H20ClN3O. The summed E-state index contributed by atoms with van der Waals surface area (Å²) in [6.07, 6.45) is 3.02. The SMILES string of the molecule is Cc1ccc(CC(=O)N2CCc3nc(-c4ccc(Cl)cc4)ncc3C2)cc1. The average molecular weight is 378 g/mol. The molecule has 1 amide bonds. The van der Waals surface area contributed by atoms with Crippen LogP contribution in [0.5, 0.6) is 0 Å². The molecule has 136 valence electrons. The third-order valence-electron chi connectivity index (χ3n) is 4.87. The van der Waals surface area contributed by atoms with E-state index in [9.17, 15) is 4.79 Å². The van der Waals surface area contributed by atoms with Gasteiger partial charge in [0.1, 0.15) is 0 Å². The van der Waals surface area contributed by atoms with Crippen LogP contribution >= 0.6 is 11.6 Å². The molecule has 0 spiro atoms. The van der Waals surface area contributed by atoms with Crippen molar-refractivity contribution in [3.63, 3.8) is 0 Å². The molecule has 0 saturated heterocycles. The molecule has 2 heterocycles. The molecule has 1 aliphatic heterocycles. The minimum Gasteiger partial charge on any atom is -0.338 e. The van der Waals surface area contributed by atoms with Crippen LogP contribution in [0, 0.1) is 6.92 Å². The number of nitrogens with zero attached hydrogens (tertiary/aromatic N) is 3. The lowest BCUT2D eigenvalue weighted by Gasteiger charge is -2.28. The number of aromatic nitrogens is 2. The second kappa shape index (κ2) is 7.49. The van der Waals surface area contributed by atoms with Gasteiger partial charge >= 0.3 is 0 Å². The molecule has 0 fully saturated rings.